The highest BCUT2D eigenvalue weighted by molar-refractivity contribution is 7.92. The zero-order valence-corrected chi connectivity index (χ0v) is 23.8. The maximum absolute atomic E-state index is 13.4. The Labute approximate surface area is 226 Å². The monoisotopic (exact) mass is 551 g/mol. The van der Waals surface area contributed by atoms with E-state index in [1.807, 2.05) is 32.9 Å². The average molecular weight is 552 g/mol. The number of sulfonamides is 1. The third-order valence-electron chi connectivity index (χ3n) is 5.85. The van der Waals surface area contributed by atoms with Crippen molar-refractivity contribution in [3.05, 3.63) is 59.1 Å². The molecule has 1 unspecified atom stereocenters. The van der Waals surface area contributed by atoms with Crippen molar-refractivity contribution in [1.82, 2.24) is 10.2 Å². The average Bonchev–Trinajstić information content (AvgIpc) is 2.85. The van der Waals surface area contributed by atoms with Crippen molar-refractivity contribution in [3.8, 4) is 5.75 Å². The Hall–Kier alpha value is -2.78. The summed E-state index contributed by atoms with van der Waals surface area (Å²) in [5, 5.41) is 3.52. The number of carbonyl (C=O) groups excluding carboxylic acids is 2. The molecule has 0 saturated heterocycles. The number of nitrogens with one attached hydrogen (secondary N) is 1. The Morgan fingerprint density at radius 3 is 2.19 bits per heavy atom. The number of halogens is 1. The number of hydrogen-bond acceptors (Lipinski definition) is 5. The summed E-state index contributed by atoms with van der Waals surface area (Å²) in [5.41, 5.74) is 1.34. The Morgan fingerprint density at radius 1 is 1.05 bits per heavy atom. The van der Waals surface area contributed by atoms with Crippen LogP contribution in [-0.2, 0) is 26.2 Å². The SMILES string of the molecule is CCC(C(=O)NCC(C)C)N(Cc1ccc(Cl)cc1)C(=O)CCCN(c1ccc(OC)cc1)S(C)(=O)=O. The molecule has 204 valence electrons. The molecule has 0 fully saturated rings. The van der Waals surface area contributed by atoms with E-state index in [0.717, 1.165) is 11.8 Å². The normalized spacial score (nSPS) is 12.2. The first-order chi connectivity index (χ1) is 17.5. The Bertz CT molecular complexity index is 1120. The molecule has 2 rings (SSSR count). The van der Waals surface area contributed by atoms with Crippen LogP contribution in [0.15, 0.2) is 48.5 Å². The number of ether oxygens (including phenoxy) is 1. The maximum atomic E-state index is 13.4. The molecule has 0 spiro atoms. The van der Waals surface area contributed by atoms with Crippen LogP contribution in [-0.4, -0.2) is 57.6 Å². The van der Waals surface area contributed by atoms with E-state index in [4.69, 9.17) is 16.3 Å². The van der Waals surface area contributed by atoms with E-state index >= 15 is 0 Å². The second-order valence-corrected chi connectivity index (χ2v) is 11.7. The van der Waals surface area contributed by atoms with Crippen molar-refractivity contribution in [2.75, 3.05) is 30.8 Å². The molecule has 8 nitrogen and oxygen atoms in total. The molecular weight excluding hydrogens is 514 g/mol. The van der Waals surface area contributed by atoms with Crippen LogP contribution >= 0.6 is 11.6 Å². The maximum Gasteiger partial charge on any atom is 0.242 e. The van der Waals surface area contributed by atoms with Gasteiger partial charge in [0.25, 0.3) is 0 Å². The van der Waals surface area contributed by atoms with Gasteiger partial charge in [0.1, 0.15) is 11.8 Å². The lowest BCUT2D eigenvalue weighted by Gasteiger charge is -2.31. The first kappa shape index (κ1) is 30.4. The van der Waals surface area contributed by atoms with Crippen molar-refractivity contribution < 1.29 is 22.7 Å². The lowest BCUT2D eigenvalue weighted by molar-refractivity contribution is -0.141. The topological polar surface area (TPSA) is 96.0 Å². The number of methoxy groups -OCH3 is 1. The van der Waals surface area contributed by atoms with Gasteiger partial charge in [-0.1, -0.05) is 44.5 Å². The smallest absolute Gasteiger partial charge is 0.242 e. The summed E-state index contributed by atoms with van der Waals surface area (Å²) in [6.07, 6.45) is 1.96. The summed E-state index contributed by atoms with van der Waals surface area (Å²) in [5.74, 6) is 0.479. The molecule has 0 aliphatic carbocycles. The summed E-state index contributed by atoms with van der Waals surface area (Å²) in [4.78, 5) is 28.0. The fourth-order valence-electron chi connectivity index (χ4n) is 3.88. The van der Waals surface area contributed by atoms with Gasteiger partial charge in [-0.05, 0) is 60.7 Å². The van der Waals surface area contributed by atoms with Gasteiger partial charge in [0.05, 0.1) is 19.1 Å². The van der Waals surface area contributed by atoms with Gasteiger partial charge in [0.15, 0.2) is 0 Å². The molecule has 0 radical (unpaired) electrons. The Morgan fingerprint density at radius 2 is 1.68 bits per heavy atom. The van der Waals surface area contributed by atoms with Gasteiger partial charge in [0, 0.05) is 31.1 Å². The molecule has 0 saturated carbocycles. The zero-order chi connectivity index (χ0) is 27.6. The largest absolute Gasteiger partial charge is 0.497 e. The van der Waals surface area contributed by atoms with Crippen LogP contribution in [0.2, 0.25) is 5.02 Å². The second-order valence-electron chi connectivity index (χ2n) is 9.35. The highest BCUT2D eigenvalue weighted by Crippen LogP contribution is 2.23. The van der Waals surface area contributed by atoms with Gasteiger partial charge in [0.2, 0.25) is 21.8 Å². The molecule has 1 N–H and O–H groups in total. The molecule has 0 aliphatic heterocycles. The molecule has 1 atom stereocenters. The van der Waals surface area contributed by atoms with Crippen molar-refractivity contribution >= 4 is 39.1 Å². The first-order valence-corrected chi connectivity index (χ1v) is 14.6. The lowest BCUT2D eigenvalue weighted by Crippen LogP contribution is -2.49. The van der Waals surface area contributed by atoms with Gasteiger partial charge < -0.3 is 15.0 Å². The first-order valence-electron chi connectivity index (χ1n) is 12.4. The predicted octanol–water partition coefficient (Wildman–Crippen LogP) is 4.47. The van der Waals surface area contributed by atoms with E-state index in [2.05, 4.69) is 5.32 Å². The van der Waals surface area contributed by atoms with E-state index in [1.165, 1.54) is 11.4 Å². The summed E-state index contributed by atoms with van der Waals surface area (Å²) in [6, 6.07) is 13.2. The van der Waals surface area contributed by atoms with E-state index < -0.39 is 16.1 Å². The lowest BCUT2D eigenvalue weighted by atomic mass is 10.1. The Balaban J connectivity index is 2.19. The van der Waals surface area contributed by atoms with Crippen molar-refractivity contribution in [3.63, 3.8) is 0 Å². The van der Waals surface area contributed by atoms with Gasteiger partial charge >= 0.3 is 0 Å². The van der Waals surface area contributed by atoms with E-state index in [1.54, 1.807) is 41.3 Å². The van der Waals surface area contributed by atoms with Crippen LogP contribution in [0.3, 0.4) is 0 Å². The third-order valence-corrected chi connectivity index (χ3v) is 7.30. The minimum Gasteiger partial charge on any atom is -0.497 e. The van der Waals surface area contributed by atoms with E-state index in [0.29, 0.717) is 35.8 Å². The number of hydrogen-bond donors (Lipinski definition) is 1. The third kappa shape index (κ3) is 9.55. The number of amides is 2. The number of carbonyl (C=O) groups is 2. The van der Waals surface area contributed by atoms with Crippen LogP contribution in [0, 0.1) is 5.92 Å². The predicted molar refractivity (Wildman–Crippen MR) is 148 cm³/mol. The standard InChI is InChI=1S/C27H38ClN3O5S/c1-6-25(27(33)29-18-20(2)3)30(19-21-9-11-22(28)12-10-21)26(32)8-7-17-31(37(5,34)35)23-13-15-24(36-4)16-14-23/h9-16,20,25H,6-8,17-19H2,1-5H3,(H,29,33). The molecule has 0 aromatic heterocycles. The highest BCUT2D eigenvalue weighted by Gasteiger charge is 2.29. The molecule has 2 amide bonds. The van der Waals surface area contributed by atoms with Gasteiger partial charge in [-0.2, -0.15) is 0 Å². The van der Waals surface area contributed by atoms with Gasteiger partial charge in [-0.3, -0.25) is 13.9 Å². The number of benzene rings is 2. The van der Waals surface area contributed by atoms with Gasteiger partial charge in [-0.15, -0.1) is 0 Å². The van der Waals surface area contributed by atoms with Crippen molar-refractivity contribution in [2.24, 2.45) is 5.92 Å². The molecular formula is C27H38ClN3O5S. The van der Waals surface area contributed by atoms with E-state index in [-0.39, 0.29) is 37.2 Å². The molecule has 0 heterocycles. The fourth-order valence-corrected chi connectivity index (χ4v) is 4.97. The fraction of sp³-hybridized carbons (Fsp3) is 0.481. The Kier molecular flexibility index (Phi) is 11.7. The van der Waals surface area contributed by atoms with Crippen LogP contribution in [0.4, 0.5) is 5.69 Å². The van der Waals surface area contributed by atoms with Gasteiger partial charge in [-0.25, -0.2) is 8.42 Å². The molecule has 0 bridgehead atoms. The van der Waals surface area contributed by atoms with Crippen molar-refractivity contribution in [1.29, 1.82) is 0 Å². The summed E-state index contributed by atoms with van der Waals surface area (Å²) in [7, 11) is -2.03. The quantitative estimate of drug-likeness (QED) is 0.373. The van der Waals surface area contributed by atoms with Crippen LogP contribution in [0.25, 0.3) is 0 Å². The van der Waals surface area contributed by atoms with Crippen LogP contribution in [0.5, 0.6) is 5.75 Å². The minimum atomic E-state index is -3.57. The zero-order valence-electron chi connectivity index (χ0n) is 22.2. The summed E-state index contributed by atoms with van der Waals surface area (Å²) >= 11 is 6.02. The van der Waals surface area contributed by atoms with Crippen molar-refractivity contribution in [2.45, 2.75) is 52.6 Å². The van der Waals surface area contributed by atoms with Crippen LogP contribution in [0.1, 0.15) is 45.6 Å². The number of rotatable bonds is 14. The van der Waals surface area contributed by atoms with Crippen LogP contribution < -0.4 is 14.4 Å². The minimum absolute atomic E-state index is 0.0870. The number of anilines is 1. The molecule has 10 heteroatoms. The molecule has 0 aliphatic rings. The van der Waals surface area contributed by atoms with E-state index in [9.17, 15) is 18.0 Å². The summed E-state index contributed by atoms with van der Waals surface area (Å²) < 4.78 is 31.4. The molecule has 2 aromatic carbocycles. The second kappa shape index (κ2) is 14.2. The summed E-state index contributed by atoms with van der Waals surface area (Å²) in [6.45, 7) is 6.78. The molecule has 37 heavy (non-hydrogen) atoms. The molecule has 2 aromatic rings. The number of nitrogens with zero attached hydrogens (tertiary/aromatic N) is 2. The highest BCUT2D eigenvalue weighted by atomic mass is 35.5.